The Labute approximate surface area is 162 Å². The van der Waals surface area contributed by atoms with Crippen LogP contribution in [0.1, 0.15) is 44.9 Å². The Morgan fingerprint density at radius 2 is 2.11 bits per heavy atom. The normalized spacial score (nSPS) is 16.1. The van der Waals surface area contributed by atoms with Gasteiger partial charge in [0.1, 0.15) is 0 Å². The van der Waals surface area contributed by atoms with Crippen molar-refractivity contribution in [3.63, 3.8) is 0 Å². The van der Waals surface area contributed by atoms with E-state index in [4.69, 9.17) is 9.47 Å². The maximum atomic E-state index is 12.5. The maximum absolute atomic E-state index is 12.5. The largest absolute Gasteiger partial charge is 0.454 e. The molecular weight excluding hydrogens is 364 g/mol. The first-order chi connectivity index (χ1) is 13.4. The lowest BCUT2D eigenvalue weighted by atomic mass is 10.1. The minimum atomic E-state index is -0.773. The standard InChI is InChI=1S/C20H22N2O6/c1-13-9-18(14(2)21(13)11-17-7-4-8-27-17)19(23)12-28-20(24)15-5-3-6-16(10-15)22(25)26/h3,5-6,9-10,17H,4,7-8,11-12H2,1-2H3/t17-/m1/s1. The summed E-state index contributed by atoms with van der Waals surface area (Å²) in [4.78, 5) is 34.9. The van der Waals surface area contributed by atoms with Crippen LogP contribution in [0.25, 0.3) is 0 Å². The van der Waals surface area contributed by atoms with Crippen LogP contribution < -0.4 is 0 Å². The van der Waals surface area contributed by atoms with Crippen LogP contribution in [0.2, 0.25) is 0 Å². The number of Topliss-reactive ketones (excluding diaryl/α,β-unsaturated/α-hetero) is 1. The zero-order valence-electron chi connectivity index (χ0n) is 15.8. The molecule has 28 heavy (non-hydrogen) atoms. The minimum Gasteiger partial charge on any atom is -0.454 e. The fraction of sp³-hybridized carbons (Fsp3) is 0.400. The first-order valence-corrected chi connectivity index (χ1v) is 9.10. The van der Waals surface area contributed by atoms with Gasteiger partial charge in [0.25, 0.3) is 5.69 Å². The molecule has 1 aromatic carbocycles. The number of aryl methyl sites for hydroxylation is 1. The molecule has 0 saturated carbocycles. The van der Waals surface area contributed by atoms with Gasteiger partial charge >= 0.3 is 5.97 Å². The van der Waals surface area contributed by atoms with E-state index in [9.17, 15) is 19.7 Å². The van der Waals surface area contributed by atoms with Crippen molar-refractivity contribution in [3.05, 3.63) is 63.0 Å². The number of benzene rings is 1. The Kier molecular flexibility index (Phi) is 5.89. The van der Waals surface area contributed by atoms with Gasteiger partial charge < -0.3 is 14.0 Å². The second-order valence-electron chi connectivity index (χ2n) is 6.84. The van der Waals surface area contributed by atoms with Gasteiger partial charge in [-0.3, -0.25) is 14.9 Å². The van der Waals surface area contributed by atoms with Crippen LogP contribution in [0.4, 0.5) is 5.69 Å². The van der Waals surface area contributed by atoms with Gasteiger partial charge in [0.15, 0.2) is 6.61 Å². The van der Waals surface area contributed by atoms with Gasteiger partial charge in [-0.05, 0) is 38.8 Å². The zero-order chi connectivity index (χ0) is 20.3. The summed E-state index contributed by atoms with van der Waals surface area (Å²) >= 11 is 0. The predicted molar refractivity (Wildman–Crippen MR) is 101 cm³/mol. The molecule has 0 radical (unpaired) electrons. The van der Waals surface area contributed by atoms with Crippen LogP contribution in [0.15, 0.2) is 30.3 Å². The molecule has 2 aromatic rings. The number of ether oxygens (including phenoxy) is 2. The first-order valence-electron chi connectivity index (χ1n) is 9.10. The van der Waals surface area contributed by atoms with Crippen molar-refractivity contribution in [2.75, 3.05) is 13.2 Å². The summed E-state index contributed by atoms with van der Waals surface area (Å²) in [5, 5.41) is 10.8. The van der Waals surface area contributed by atoms with E-state index in [0.717, 1.165) is 36.9 Å². The van der Waals surface area contributed by atoms with Gasteiger partial charge in [0, 0.05) is 42.2 Å². The molecule has 8 heteroatoms. The number of esters is 1. The fourth-order valence-corrected chi connectivity index (χ4v) is 3.39. The van der Waals surface area contributed by atoms with Crippen LogP contribution in [-0.2, 0) is 16.0 Å². The van der Waals surface area contributed by atoms with Crippen molar-refractivity contribution < 1.29 is 24.0 Å². The number of non-ortho nitro benzene ring substituents is 1. The minimum absolute atomic E-state index is 0.0332. The molecule has 2 heterocycles. The number of nitrogens with zero attached hydrogens (tertiary/aromatic N) is 2. The Balaban J connectivity index is 1.65. The second-order valence-corrected chi connectivity index (χ2v) is 6.84. The Bertz CT molecular complexity index is 911. The lowest BCUT2D eigenvalue weighted by molar-refractivity contribution is -0.384. The average Bonchev–Trinajstić information content (AvgIpc) is 3.29. The molecule has 0 bridgehead atoms. The van der Waals surface area contributed by atoms with E-state index in [-0.39, 0.29) is 23.1 Å². The van der Waals surface area contributed by atoms with Crippen molar-refractivity contribution in [1.82, 2.24) is 4.57 Å². The van der Waals surface area contributed by atoms with Crippen molar-refractivity contribution in [2.45, 2.75) is 39.3 Å². The molecule has 1 fully saturated rings. The summed E-state index contributed by atoms with van der Waals surface area (Å²) in [5.41, 5.74) is 2.08. The highest BCUT2D eigenvalue weighted by molar-refractivity contribution is 6.00. The number of rotatable bonds is 7. The quantitative estimate of drug-likeness (QED) is 0.313. The summed E-state index contributed by atoms with van der Waals surface area (Å²) in [6, 6.07) is 7.00. The number of nitro benzene ring substituents is 1. The van der Waals surface area contributed by atoms with E-state index in [2.05, 4.69) is 0 Å². The molecule has 148 valence electrons. The molecule has 1 atom stereocenters. The summed E-state index contributed by atoms with van der Waals surface area (Å²) in [5.74, 6) is -1.09. The SMILES string of the molecule is Cc1cc(C(=O)COC(=O)c2cccc([N+](=O)[O-])c2)c(C)n1C[C@H]1CCCO1. The number of carbonyl (C=O) groups is 2. The number of hydrogen-bond donors (Lipinski definition) is 0. The third-order valence-electron chi connectivity index (χ3n) is 4.91. The molecule has 0 amide bonds. The van der Waals surface area contributed by atoms with Crippen LogP contribution in [0, 0.1) is 24.0 Å². The van der Waals surface area contributed by atoms with E-state index < -0.39 is 17.5 Å². The second kappa shape index (κ2) is 8.35. The highest BCUT2D eigenvalue weighted by Gasteiger charge is 2.22. The highest BCUT2D eigenvalue weighted by Crippen LogP contribution is 2.21. The van der Waals surface area contributed by atoms with Crippen LogP contribution >= 0.6 is 0 Å². The van der Waals surface area contributed by atoms with Crippen LogP contribution in [0.3, 0.4) is 0 Å². The van der Waals surface area contributed by atoms with Gasteiger partial charge in [-0.15, -0.1) is 0 Å². The van der Waals surface area contributed by atoms with Gasteiger partial charge in [-0.1, -0.05) is 6.07 Å². The van der Waals surface area contributed by atoms with E-state index in [1.54, 1.807) is 6.07 Å². The monoisotopic (exact) mass is 386 g/mol. The molecule has 0 aliphatic carbocycles. The Morgan fingerprint density at radius 3 is 2.79 bits per heavy atom. The number of aromatic nitrogens is 1. The smallest absolute Gasteiger partial charge is 0.338 e. The summed E-state index contributed by atoms with van der Waals surface area (Å²) < 4.78 is 12.8. The van der Waals surface area contributed by atoms with Crippen molar-refractivity contribution in [2.24, 2.45) is 0 Å². The van der Waals surface area contributed by atoms with Gasteiger partial charge in [0.05, 0.1) is 16.6 Å². The summed E-state index contributed by atoms with van der Waals surface area (Å²) in [7, 11) is 0. The number of ketones is 1. The third kappa shape index (κ3) is 4.28. The van der Waals surface area contributed by atoms with Crippen molar-refractivity contribution in [1.29, 1.82) is 0 Å². The molecule has 1 saturated heterocycles. The lowest BCUT2D eigenvalue weighted by Crippen LogP contribution is -2.18. The van der Waals surface area contributed by atoms with E-state index in [1.165, 1.54) is 18.2 Å². The molecule has 0 spiro atoms. The summed E-state index contributed by atoms with van der Waals surface area (Å²) in [6.07, 6.45) is 2.20. The first kappa shape index (κ1) is 19.8. The molecule has 8 nitrogen and oxygen atoms in total. The van der Waals surface area contributed by atoms with E-state index >= 15 is 0 Å². The average molecular weight is 386 g/mol. The molecule has 1 aliphatic heterocycles. The van der Waals surface area contributed by atoms with Crippen molar-refractivity contribution in [3.8, 4) is 0 Å². The van der Waals surface area contributed by atoms with Crippen LogP contribution in [0.5, 0.6) is 0 Å². The Morgan fingerprint density at radius 1 is 1.32 bits per heavy atom. The van der Waals surface area contributed by atoms with Crippen molar-refractivity contribution >= 4 is 17.4 Å². The van der Waals surface area contributed by atoms with E-state index in [1.807, 2.05) is 18.4 Å². The third-order valence-corrected chi connectivity index (χ3v) is 4.91. The van der Waals surface area contributed by atoms with Gasteiger partial charge in [-0.25, -0.2) is 4.79 Å². The molecule has 0 N–H and O–H groups in total. The zero-order valence-corrected chi connectivity index (χ0v) is 15.8. The topological polar surface area (TPSA) is 101 Å². The van der Waals surface area contributed by atoms with Gasteiger partial charge in [-0.2, -0.15) is 0 Å². The number of hydrogen-bond acceptors (Lipinski definition) is 6. The molecule has 1 aromatic heterocycles. The van der Waals surface area contributed by atoms with E-state index in [0.29, 0.717) is 12.1 Å². The fourth-order valence-electron chi connectivity index (χ4n) is 3.39. The predicted octanol–water partition coefficient (Wildman–Crippen LogP) is 3.23. The highest BCUT2D eigenvalue weighted by atomic mass is 16.6. The molecule has 0 unspecified atom stereocenters. The molecule has 3 rings (SSSR count). The Hall–Kier alpha value is -3.00. The van der Waals surface area contributed by atoms with Gasteiger partial charge in [0.2, 0.25) is 5.78 Å². The maximum Gasteiger partial charge on any atom is 0.338 e. The van der Waals surface area contributed by atoms with Crippen LogP contribution in [-0.4, -0.2) is 40.6 Å². The molecule has 1 aliphatic rings. The summed E-state index contributed by atoms with van der Waals surface area (Å²) in [6.45, 7) is 4.82. The lowest BCUT2D eigenvalue weighted by Gasteiger charge is -2.14. The molecular formula is C20H22N2O6. The number of carbonyl (C=O) groups excluding carboxylic acids is 2. The number of nitro groups is 1.